The third-order valence-electron chi connectivity index (χ3n) is 6.71. The number of aromatic nitrogens is 2. The molecule has 0 saturated carbocycles. The minimum absolute atomic E-state index is 0.00221. The molecule has 8 heteroatoms. The monoisotopic (exact) mass is 480 g/mol. The summed E-state index contributed by atoms with van der Waals surface area (Å²) in [5.41, 5.74) is 0.135. The third-order valence-corrected chi connectivity index (χ3v) is 6.71. The molecule has 0 aliphatic heterocycles. The van der Waals surface area contributed by atoms with Crippen LogP contribution in [0.1, 0.15) is 33.6 Å². The molecule has 0 aliphatic rings. The number of hydrogen-bond donors (Lipinski definition) is 0. The van der Waals surface area contributed by atoms with Gasteiger partial charge in [-0.05, 0) is 33.7 Å². The highest BCUT2D eigenvalue weighted by Crippen LogP contribution is 2.41. The van der Waals surface area contributed by atoms with Crippen molar-refractivity contribution in [3.63, 3.8) is 0 Å². The molecule has 1 aromatic heterocycles. The van der Waals surface area contributed by atoms with E-state index in [-0.39, 0.29) is 33.6 Å². The Morgan fingerprint density at radius 3 is 1.58 bits per heavy atom. The van der Waals surface area contributed by atoms with E-state index < -0.39 is 0 Å². The van der Waals surface area contributed by atoms with Crippen LogP contribution in [0.3, 0.4) is 0 Å². The Morgan fingerprint density at radius 2 is 1.00 bits per heavy atom. The van der Waals surface area contributed by atoms with Crippen molar-refractivity contribution in [2.45, 2.75) is 0 Å². The van der Waals surface area contributed by atoms with Crippen LogP contribution >= 0.6 is 0 Å². The van der Waals surface area contributed by atoms with Crippen LogP contribution in [-0.4, -0.2) is 9.97 Å². The summed E-state index contributed by atoms with van der Waals surface area (Å²) in [5, 5.41) is 63.8. The Labute approximate surface area is 214 Å². The number of nitriles is 6. The lowest BCUT2D eigenvalue weighted by Gasteiger charge is -2.15. The Kier molecular flexibility index (Phi) is 4.61. The maximum Gasteiger partial charge on any atom is 0.177 e. The lowest BCUT2D eigenvalue weighted by Crippen LogP contribution is -2.00. The Hall–Kier alpha value is -6.58. The van der Waals surface area contributed by atoms with Crippen molar-refractivity contribution in [1.29, 1.82) is 31.6 Å². The molecule has 0 unspecified atom stereocenters. The van der Waals surface area contributed by atoms with Gasteiger partial charge in [0, 0.05) is 21.5 Å². The van der Waals surface area contributed by atoms with Gasteiger partial charge in [0.2, 0.25) is 0 Å². The SMILES string of the molecule is N#Cc1nc2c3cc4c(C#N)c(C#N)c(C#N)c(C#N)c4cc3c3ccc4ccccc4c3c2nc1C#N. The molecule has 8 nitrogen and oxygen atoms in total. The maximum atomic E-state index is 9.97. The molecule has 0 bridgehead atoms. The zero-order chi connectivity index (χ0) is 26.6. The van der Waals surface area contributed by atoms with Gasteiger partial charge in [0.05, 0.1) is 33.3 Å². The predicted molar refractivity (Wildman–Crippen MR) is 138 cm³/mol. The van der Waals surface area contributed by atoms with Gasteiger partial charge in [-0.3, -0.25) is 0 Å². The van der Waals surface area contributed by atoms with Gasteiger partial charge in [-0.15, -0.1) is 0 Å². The van der Waals surface area contributed by atoms with Gasteiger partial charge >= 0.3 is 0 Å². The van der Waals surface area contributed by atoms with Gasteiger partial charge in [0.25, 0.3) is 0 Å². The van der Waals surface area contributed by atoms with E-state index in [1.807, 2.05) is 72.8 Å². The zero-order valence-corrected chi connectivity index (χ0v) is 19.2. The highest BCUT2D eigenvalue weighted by molar-refractivity contribution is 6.31. The van der Waals surface area contributed by atoms with Crippen LogP contribution in [0.4, 0.5) is 0 Å². The van der Waals surface area contributed by atoms with Crippen molar-refractivity contribution in [1.82, 2.24) is 9.97 Å². The molecular formula is C30H8N8. The standard InChI is InChI=1S/C30H8N8/c31-9-22-19-7-18-17-6-5-15-3-1-2-4-16(15)28(17)30-29(37-26(13-35)27(14-36)38-30)21(18)8-20(19)23(10-32)25(12-34)24(22)11-33/h1-8H. The van der Waals surface area contributed by atoms with Crippen molar-refractivity contribution in [3.05, 3.63) is 82.2 Å². The number of rotatable bonds is 0. The minimum Gasteiger partial charge on any atom is -0.232 e. The molecular weight excluding hydrogens is 472 g/mol. The number of benzene rings is 5. The highest BCUT2D eigenvalue weighted by Gasteiger charge is 2.23. The van der Waals surface area contributed by atoms with Gasteiger partial charge in [0.1, 0.15) is 36.4 Å². The molecule has 1 heterocycles. The van der Waals surface area contributed by atoms with Crippen LogP contribution in [-0.2, 0) is 0 Å². The topological polar surface area (TPSA) is 169 Å². The predicted octanol–water partition coefficient (Wildman–Crippen LogP) is 5.47. The maximum absolute atomic E-state index is 9.97. The second kappa shape index (κ2) is 7.99. The summed E-state index contributed by atoms with van der Waals surface area (Å²) in [6.07, 6.45) is 0. The molecule has 0 fully saturated rings. The normalized spacial score (nSPS) is 10.5. The zero-order valence-electron chi connectivity index (χ0n) is 19.2. The molecule has 6 aromatic rings. The van der Waals surface area contributed by atoms with Gasteiger partial charge in [-0.25, -0.2) is 9.97 Å². The summed E-state index contributed by atoms with van der Waals surface area (Å²) in [6.45, 7) is 0. The number of hydrogen-bond acceptors (Lipinski definition) is 8. The molecule has 0 N–H and O–H groups in total. The van der Waals surface area contributed by atoms with Crippen LogP contribution in [0, 0.1) is 68.0 Å². The molecule has 5 aromatic carbocycles. The van der Waals surface area contributed by atoms with Crippen molar-refractivity contribution in [2.24, 2.45) is 0 Å². The van der Waals surface area contributed by atoms with Gasteiger partial charge in [-0.1, -0.05) is 36.4 Å². The van der Waals surface area contributed by atoms with E-state index in [4.69, 9.17) is 0 Å². The van der Waals surface area contributed by atoms with Gasteiger partial charge in [0.15, 0.2) is 11.4 Å². The van der Waals surface area contributed by atoms with Crippen molar-refractivity contribution in [2.75, 3.05) is 0 Å². The molecule has 38 heavy (non-hydrogen) atoms. The van der Waals surface area contributed by atoms with E-state index in [1.54, 1.807) is 12.1 Å². The summed E-state index contributed by atoms with van der Waals surface area (Å²) in [7, 11) is 0. The van der Waals surface area contributed by atoms with E-state index in [0.29, 0.717) is 38.0 Å². The summed E-state index contributed by atoms with van der Waals surface area (Å²) in [5.74, 6) is 0. The first kappa shape index (κ1) is 21.9. The fraction of sp³-hybridized carbons (Fsp3) is 0. The van der Waals surface area contributed by atoms with Crippen molar-refractivity contribution >= 4 is 54.1 Å². The van der Waals surface area contributed by atoms with Crippen LogP contribution in [0.2, 0.25) is 0 Å². The van der Waals surface area contributed by atoms with Crippen molar-refractivity contribution in [3.8, 4) is 36.4 Å². The average Bonchev–Trinajstić information content (AvgIpc) is 2.97. The van der Waals surface area contributed by atoms with E-state index in [0.717, 1.165) is 16.2 Å². The Morgan fingerprint density at radius 1 is 0.447 bits per heavy atom. The average molecular weight is 480 g/mol. The summed E-state index contributed by atoms with van der Waals surface area (Å²) in [4.78, 5) is 9.07. The first-order valence-corrected chi connectivity index (χ1v) is 11.1. The quantitative estimate of drug-likeness (QED) is 0.203. The summed E-state index contributed by atoms with van der Waals surface area (Å²) < 4.78 is 0. The van der Waals surface area contributed by atoms with Crippen LogP contribution in [0.5, 0.6) is 0 Å². The molecule has 0 spiro atoms. The molecule has 6 rings (SSSR count). The fourth-order valence-electron chi connectivity index (χ4n) is 5.11. The molecule has 168 valence electrons. The molecule has 0 atom stereocenters. The van der Waals surface area contributed by atoms with E-state index in [9.17, 15) is 31.6 Å². The van der Waals surface area contributed by atoms with E-state index in [2.05, 4.69) is 9.97 Å². The van der Waals surface area contributed by atoms with E-state index in [1.165, 1.54) is 0 Å². The Balaban J connectivity index is 2.02. The summed E-state index contributed by atoms with van der Waals surface area (Å²) in [6, 6.07) is 26.6. The van der Waals surface area contributed by atoms with E-state index >= 15 is 0 Å². The fourth-order valence-corrected chi connectivity index (χ4v) is 5.11. The smallest absolute Gasteiger partial charge is 0.177 e. The molecule has 0 saturated heterocycles. The largest absolute Gasteiger partial charge is 0.232 e. The molecule has 0 radical (unpaired) electrons. The van der Waals surface area contributed by atoms with Crippen molar-refractivity contribution < 1.29 is 0 Å². The van der Waals surface area contributed by atoms with Gasteiger partial charge < -0.3 is 0 Å². The van der Waals surface area contributed by atoms with Gasteiger partial charge in [-0.2, -0.15) is 31.6 Å². The summed E-state index contributed by atoms with van der Waals surface area (Å²) >= 11 is 0. The third kappa shape index (κ3) is 2.72. The lowest BCUT2D eigenvalue weighted by molar-refractivity contribution is 1.21. The molecule has 0 aliphatic carbocycles. The first-order valence-electron chi connectivity index (χ1n) is 11.1. The second-order valence-electron chi connectivity index (χ2n) is 8.44. The molecule has 0 amide bonds. The number of fused-ring (bicyclic) bond motifs is 9. The van der Waals surface area contributed by atoms with Crippen LogP contribution < -0.4 is 0 Å². The van der Waals surface area contributed by atoms with Crippen LogP contribution in [0.15, 0.2) is 48.5 Å². The lowest BCUT2D eigenvalue weighted by atomic mass is 9.87. The highest BCUT2D eigenvalue weighted by atomic mass is 14.8. The Bertz CT molecular complexity index is 2360. The van der Waals surface area contributed by atoms with Crippen LogP contribution in [0.25, 0.3) is 54.1 Å². The minimum atomic E-state index is -0.176. The first-order chi connectivity index (χ1) is 18.6. The number of nitrogens with zero attached hydrogens (tertiary/aromatic N) is 8. The second-order valence-corrected chi connectivity index (χ2v) is 8.44.